The van der Waals surface area contributed by atoms with Gasteiger partial charge in [0.15, 0.2) is 0 Å². The molecule has 2 amide bonds. The first-order valence-corrected chi connectivity index (χ1v) is 13.9. The number of fused-ring (bicyclic) bond motifs is 1. The number of rotatable bonds is 10. The monoisotopic (exact) mass is 523 g/mol. The molecule has 1 atom stereocenters. The van der Waals surface area contributed by atoms with E-state index in [0.29, 0.717) is 13.2 Å². The number of likely N-dealkylation sites (tertiary alicyclic amines) is 1. The van der Waals surface area contributed by atoms with Gasteiger partial charge in [0.2, 0.25) is 0 Å². The van der Waals surface area contributed by atoms with Gasteiger partial charge in [0, 0.05) is 17.3 Å². The average Bonchev–Trinajstić information content (AvgIpc) is 2.98. The molecule has 4 aromatic rings. The summed E-state index contributed by atoms with van der Waals surface area (Å²) in [5.41, 5.74) is 2.86. The van der Waals surface area contributed by atoms with Gasteiger partial charge in [0.05, 0.1) is 11.7 Å². The number of amides is 2. The van der Waals surface area contributed by atoms with Crippen LogP contribution in [0.5, 0.6) is 11.5 Å². The normalized spacial score (nSPS) is 14.5. The molecule has 6 nitrogen and oxygen atoms in total. The first-order chi connectivity index (χ1) is 19.2. The molecular weight excluding hydrogens is 486 g/mol. The van der Waals surface area contributed by atoms with E-state index in [1.165, 1.54) is 32.4 Å². The van der Waals surface area contributed by atoms with Crippen molar-refractivity contribution < 1.29 is 14.3 Å². The lowest BCUT2D eigenvalue weighted by atomic mass is 10.1. The summed E-state index contributed by atoms with van der Waals surface area (Å²) in [6, 6.07) is 29.4. The van der Waals surface area contributed by atoms with Crippen LogP contribution in [0, 0.1) is 0 Å². The number of anilines is 1. The number of ether oxygens (including phenoxy) is 2. The number of hydrogen-bond donors (Lipinski definition) is 2. The van der Waals surface area contributed by atoms with Crippen molar-refractivity contribution in [1.29, 1.82) is 0 Å². The van der Waals surface area contributed by atoms with Crippen molar-refractivity contribution in [2.75, 3.05) is 31.6 Å². The summed E-state index contributed by atoms with van der Waals surface area (Å²) < 4.78 is 12.2. The van der Waals surface area contributed by atoms with Crippen molar-refractivity contribution in [3.05, 3.63) is 102 Å². The Labute approximate surface area is 230 Å². The molecule has 5 rings (SSSR count). The van der Waals surface area contributed by atoms with Crippen LogP contribution in [0.3, 0.4) is 0 Å². The molecule has 1 fully saturated rings. The van der Waals surface area contributed by atoms with Crippen LogP contribution in [0.25, 0.3) is 10.8 Å². The number of piperidine rings is 1. The Morgan fingerprint density at radius 3 is 2.31 bits per heavy atom. The highest BCUT2D eigenvalue weighted by atomic mass is 16.5. The van der Waals surface area contributed by atoms with E-state index in [1.54, 1.807) is 0 Å². The summed E-state index contributed by atoms with van der Waals surface area (Å²) in [4.78, 5) is 15.2. The van der Waals surface area contributed by atoms with E-state index in [2.05, 4.69) is 15.5 Å². The number of carbonyl (C=O) groups is 1. The Morgan fingerprint density at radius 2 is 1.54 bits per heavy atom. The van der Waals surface area contributed by atoms with Crippen molar-refractivity contribution in [3.8, 4) is 11.5 Å². The van der Waals surface area contributed by atoms with Crippen molar-refractivity contribution in [1.82, 2.24) is 10.2 Å². The van der Waals surface area contributed by atoms with E-state index in [1.807, 2.05) is 97.9 Å². The second-order valence-electron chi connectivity index (χ2n) is 10.1. The molecule has 4 aromatic carbocycles. The molecule has 0 unspecified atom stereocenters. The molecule has 0 saturated carbocycles. The van der Waals surface area contributed by atoms with Gasteiger partial charge in [0.1, 0.15) is 24.7 Å². The second kappa shape index (κ2) is 13.2. The standard InChI is InChI=1S/C33H37N3O3/c1-25(27-10-4-2-5-11-27)34-33(37)35-31-18-19-32(30-13-7-6-12-29(30)31)39-24-26-14-16-28(17-15-26)38-23-22-36-20-8-3-9-21-36/h2,4-7,10-19,25H,3,8-9,20-24H2,1H3,(H2,34,35,37)/t25-/m0/s1. The van der Waals surface area contributed by atoms with E-state index in [0.717, 1.165) is 45.6 Å². The number of nitrogens with zero attached hydrogens (tertiary/aromatic N) is 1. The van der Waals surface area contributed by atoms with Gasteiger partial charge in [-0.05, 0) is 68.2 Å². The average molecular weight is 524 g/mol. The summed E-state index contributed by atoms with van der Waals surface area (Å²) in [5.74, 6) is 1.66. The Bertz CT molecular complexity index is 1350. The van der Waals surface area contributed by atoms with Gasteiger partial charge in [-0.3, -0.25) is 4.90 Å². The summed E-state index contributed by atoms with van der Waals surface area (Å²) in [7, 11) is 0. The molecule has 1 saturated heterocycles. The van der Waals surface area contributed by atoms with Gasteiger partial charge < -0.3 is 20.1 Å². The van der Waals surface area contributed by atoms with Crippen LogP contribution in [0.4, 0.5) is 10.5 Å². The molecule has 1 aliphatic rings. The summed E-state index contributed by atoms with van der Waals surface area (Å²) >= 11 is 0. The molecule has 6 heteroatoms. The zero-order chi connectivity index (χ0) is 26.9. The van der Waals surface area contributed by atoms with E-state index in [4.69, 9.17) is 9.47 Å². The third-order valence-corrected chi connectivity index (χ3v) is 7.22. The van der Waals surface area contributed by atoms with Crippen LogP contribution < -0.4 is 20.1 Å². The number of benzene rings is 4. The fourth-order valence-electron chi connectivity index (χ4n) is 5.00. The maximum absolute atomic E-state index is 12.7. The highest BCUT2D eigenvalue weighted by molar-refractivity contribution is 6.03. The lowest BCUT2D eigenvalue weighted by Gasteiger charge is -2.26. The minimum atomic E-state index is -0.247. The number of nitrogens with one attached hydrogen (secondary N) is 2. The fourth-order valence-corrected chi connectivity index (χ4v) is 5.00. The van der Waals surface area contributed by atoms with Gasteiger partial charge in [-0.15, -0.1) is 0 Å². The van der Waals surface area contributed by atoms with E-state index in [-0.39, 0.29) is 12.1 Å². The van der Waals surface area contributed by atoms with Gasteiger partial charge >= 0.3 is 6.03 Å². The molecule has 0 aromatic heterocycles. The summed E-state index contributed by atoms with van der Waals surface area (Å²) in [6.07, 6.45) is 3.95. The van der Waals surface area contributed by atoms with Crippen LogP contribution in [0.1, 0.15) is 43.4 Å². The van der Waals surface area contributed by atoms with Crippen LogP contribution in [0.15, 0.2) is 91.0 Å². The Balaban J connectivity index is 1.17. The SMILES string of the molecule is C[C@H](NC(=O)Nc1ccc(OCc2ccc(OCCN3CCCCC3)cc2)c2ccccc12)c1ccccc1. The predicted molar refractivity (Wildman–Crippen MR) is 158 cm³/mol. The molecule has 0 bridgehead atoms. The minimum absolute atomic E-state index is 0.105. The second-order valence-corrected chi connectivity index (χ2v) is 10.1. The Kier molecular flexibility index (Phi) is 8.97. The fraction of sp³-hybridized carbons (Fsp3) is 0.303. The van der Waals surface area contributed by atoms with Crippen LogP contribution in [0.2, 0.25) is 0 Å². The minimum Gasteiger partial charge on any atom is -0.492 e. The number of urea groups is 1. The van der Waals surface area contributed by atoms with Crippen LogP contribution in [-0.4, -0.2) is 37.2 Å². The quantitative estimate of drug-likeness (QED) is 0.231. The van der Waals surface area contributed by atoms with Crippen LogP contribution in [-0.2, 0) is 6.61 Å². The topological polar surface area (TPSA) is 62.8 Å². The molecule has 0 radical (unpaired) electrons. The van der Waals surface area contributed by atoms with Crippen LogP contribution >= 0.6 is 0 Å². The van der Waals surface area contributed by atoms with Crippen molar-refractivity contribution in [2.24, 2.45) is 0 Å². The molecule has 1 aliphatic heterocycles. The molecule has 1 heterocycles. The lowest BCUT2D eigenvalue weighted by molar-refractivity contribution is 0.183. The number of hydrogen-bond acceptors (Lipinski definition) is 4. The zero-order valence-corrected chi connectivity index (χ0v) is 22.6. The largest absolute Gasteiger partial charge is 0.492 e. The lowest BCUT2D eigenvalue weighted by Crippen LogP contribution is -2.33. The van der Waals surface area contributed by atoms with Gasteiger partial charge in [-0.2, -0.15) is 0 Å². The Morgan fingerprint density at radius 1 is 0.821 bits per heavy atom. The molecular formula is C33H37N3O3. The molecule has 0 aliphatic carbocycles. The third kappa shape index (κ3) is 7.30. The van der Waals surface area contributed by atoms with E-state index in [9.17, 15) is 4.79 Å². The van der Waals surface area contributed by atoms with Crippen molar-refractivity contribution in [3.63, 3.8) is 0 Å². The Hall–Kier alpha value is -4.03. The first kappa shape index (κ1) is 26.6. The highest BCUT2D eigenvalue weighted by Crippen LogP contribution is 2.32. The zero-order valence-electron chi connectivity index (χ0n) is 22.6. The number of carbonyl (C=O) groups excluding carboxylic acids is 1. The van der Waals surface area contributed by atoms with Crippen molar-refractivity contribution in [2.45, 2.75) is 38.8 Å². The third-order valence-electron chi connectivity index (χ3n) is 7.22. The highest BCUT2D eigenvalue weighted by Gasteiger charge is 2.13. The summed E-state index contributed by atoms with van der Waals surface area (Å²) in [6.45, 7) is 6.48. The predicted octanol–water partition coefficient (Wildman–Crippen LogP) is 7.17. The molecule has 39 heavy (non-hydrogen) atoms. The van der Waals surface area contributed by atoms with E-state index >= 15 is 0 Å². The van der Waals surface area contributed by atoms with Crippen molar-refractivity contribution >= 4 is 22.5 Å². The maximum atomic E-state index is 12.7. The maximum Gasteiger partial charge on any atom is 0.319 e. The molecule has 2 N–H and O–H groups in total. The first-order valence-electron chi connectivity index (χ1n) is 13.9. The molecule has 0 spiro atoms. The summed E-state index contributed by atoms with van der Waals surface area (Å²) in [5, 5.41) is 7.89. The molecule has 202 valence electrons. The van der Waals surface area contributed by atoms with Gasteiger partial charge in [-0.25, -0.2) is 4.79 Å². The van der Waals surface area contributed by atoms with E-state index < -0.39 is 0 Å². The van der Waals surface area contributed by atoms with Gasteiger partial charge in [-0.1, -0.05) is 73.2 Å². The smallest absolute Gasteiger partial charge is 0.319 e. The van der Waals surface area contributed by atoms with Gasteiger partial charge in [0.25, 0.3) is 0 Å².